The lowest BCUT2D eigenvalue weighted by molar-refractivity contribution is -0.0199. The SMILES string of the molecule is COC1(CS(=O)(=O)Cl)CCCCC1. The number of methoxy groups -OCH3 is 1. The van der Waals surface area contributed by atoms with Crippen LogP contribution in [0.15, 0.2) is 0 Å². The van der Waals surface area contributed by atoms with Crippen LogP contribution in [0.4, 0.5) is 0 Å². The molecule has 1 saturated carbocycles. The molecule has 78 valence electrons. The van der Waals surface area contributed by atoms with Crippen molar-refractivity contribution in [1.82, 2.24) is 0 Å². The molecule has 0 bridgehead atoms. The Bertz CT molecular complexity index is 255. The molecule has 1 fully saturated rings. The molecular weight excluding hydrogens is 212 g/mol. The minimum absolute atomic E-state index is 0.0575. The molecular formula is C8H15ClO3S. The van der Waals surface area contributed by atoms with Crippen LogP contribution in [0.5, 0.6) is 0 Å². The van der Waals surface area contributed by atoms with E-state index in [0.717, 1.165) is 32.1 Å². The standard InChI is InChI=1S/C8H15ClO3S/c1-12-8(7-13(9,10)11)5-3-2-4-6-8/h2-7H2,1H3. The molecule has 5 heteroatoms. The second-order valence-electron chi connectivity index (χ2n) is 3.63. The van der Waals surface area contributed by atoms with Gasteiger partial charge in [0.05, 0.1) is 11.4 Å². The van der Waals surface area contributed by atoms with Crippen molar-refractivity contribution in [2.24, 2.45) is 0 Å². The summed E-state index contributed by atoms with van der Waals surface area (Å²) in [5, 5.41) is 0. The van der Waals surface area contributed by atoms with Crippen molar-refractivity contribution in [3.63, 3.8) is 0 Å². The highest BCUT2D eigenvalue weighted by Gasteiger charge is 2.35. The minimum atomic E-state index is -3.45. The largest absolute Gasteiger partial charge is 0.377 e. The van der Waals surface area contributed by atoms with Gasteiger partial charge in [-0.2, -0.15) is 0 Å². The smallest absolute Gasteiger partial charge is 0.235 e. The number of rotatable bonds is 3. The van der Waals surface area contributed by atoms with Crippen molar-refractivity contribution < 1.29 is 13.2 Å². The molecule has 13 heavy (non-hydrogen) atoms. The predicted molar refractivity (Wildman–Crippen MR) is 52.5 cm³/mol. The summed E-state index contributed by atoms with van der Waals surface area (Å²) in [6.07, 6.45) is 4.82. The lowest BCUT2D eigenvalue weighted by Crippen LogP contribution is -2.39. The van der Waals surface area contributed by atoms with E-state index in [4.69, 9.17) is 15.4 Å². The van der Waals surface area contributed by atoms with Crippen molar-refractivity contribution in [2.75, 3.05) is 12.9 Å². The molecule has 0 radical (unpaired) electrons. The van der Waals surface area contributed by atoms with Gasteiger partial charge in [-0.15, -0.1) is 0 Å². The van der Waals surface area contributed by atoms with Crippen molar-refractivity contribution >= 4 is 19.7 Å². The molecule has 0 aliphatic heterocycles. The van der Waals surface area contributed by atoms with Gasteiger partial charge in [0, 0.05) is 17.8 Å². The van der Waals surface area contributed by atoms with E-state index in [1.165, 1.54) is 0 Å². The molecule has 1 aliphatic rings. The minimum Gasteiger partial charge on any atom is -0.377 e. The first-order valence-corrected chi connectivity index (χ1v) is 6.93. The highest BCUT2D eigenvalue weighted by atomic mass is 35.7. The molecule has 0 N–H and O–H groups in total. The summed E-state index contributed by atoms with van der Waals surface area (Å²) in [5.41, 5.74) is -0.515. The second-order valence-corrected chi connectivity index (χ2v) is 6.41. The van der Waals surface area contributed by atoms with Gasteiger partial charge in [0.15, 0.2) is 0 Å². The Labute approximate surface area is 83.8 Å². The molecule has 0 aromatic carbocycles. The summed E-state index contributed by atoms with van der Waals surface area (Å²) >= 11 is 0. The molecule has 0 heterocycles. The van der Waals surface area contributed by atoms with Gasteiger partial charge in [-0.05, 0) is 12.8 Å². The first-order chi connectivity index (χ1) is 5.97. The monoisotopic (exact) mass is 226 g/mol. The van der Waals surface area contributed by atoms with Gasteiger partial charge in [-0.3, -0.25) is 0 Å². The van der Waals surface area contributed by atoms with Crippen LogP contribution in [0.3, 0.4) is 0 Å². The Kier molecular flexibility index (Phi) is 3.60. The third-order valence-corrected chi connectivity index (χ3v) is 3.83. The van der Waals surface area contributed by atoms with Crippen molar-refractivity contribution in [3.05, 3.63) is 0 Å². The fourth-order valence-corrected chi connectivity index (χ4v) is 3.55. The Hall–Kier alpha value is 0.200. The van der Waals surface area contributed by atoms with E-state index in [1.54, 1.807) is 7.11 Å². The van der Waals surface area contributed by atoms with Crippen LogP contribution in [0, 0.1) is 0 Å². The van der Waals surface area contributed by atoms with E-state index in [-0.39, 0.29) is 5.75 Å². The van der Waals surface area contributed by atoms with Crippen LogP contribution >= 0.6 is 10.7 Å². The van der Waals surface area contributed by atoms with Crippen LogP contribution in [0.2, 0.25) is 0 Å². The first kappa shape index (κ1) is 11.3. The summed E-state index contributed by atoms with van der Waals surface area (Å²) in [7, 11) is 3.34. The zero-order chi connectivity index (χ0) is 9.95. The molecule has 0 aromatic heterocycles. The maximum atomic E-state index is 10.9. The van der Waals surface area contributed by atoms with E-state index < -0.39 is 14.7 Å². The average molecular weight is 227 g/mol. The molecule has 0 amide bonds. The third-order valence-electron chi connectivity index (χ3n) is 2.63. The van der Waals surface area contributed by atoms with E-state index in [0.29, 0.717) is 0 Å². The third kappa shape index (κ3) is 3.44. The van der Waals surface area contributed by atoms with E-state index in [1.807, 2.05) is 0 Å². The maximum absolute atomic E-state index is 10.9. The summed E-state index contributed by atoms with van der Waals surface area (Å²) in [5.74, 6) is -0.0575. The number of halogens is 1. The van der Waals surface area contributed by atoms with Crippen molar-refractivity contribution in [2.45, 2.75) is 37.7 Å². The van der Waals surface area contributed by atoms with Gasteiger partial charge in [0.2, 0.25) is 9.05 Å². The number of ether oxygens (including phenoxy) is 1. The average Bonchev–Trinajstić information content (AvgIpc) is 2.03. The topological polar surface area (TPSA) is 43.4 Å². The van der Waals surface area contributed by atoms with Gasteiger partial charge in [0.1, 0.15) is 0 Å². The first-order valence-electron chi connectivity index (χ1n) is 4.45. The predicted octanol–water partition coefficient (Wildman–Crippen LogP) is 1.90. The zero-order valence-electron chi connectivity index (χ0n) is 7.75. The molecule has 0 saturated heterocycles. The summed E-state index contributed by atoms with van der Waals surface area (Å²) < 4.78 is 27.2. The number of hydrogen-bond acceptors (Lipinski definition) is 3. The normalized spacial score (nSPS) is 22.9. The van der Waals surface area contributed by atoms with Gasteiger partial charge >= 0.3 is 0 Å². The zero-order valence-corrected chi connectivity index (χ0v) is 9.33. The summed E-state index contributed by atoms with van der Waals surface area (Å²) in [4.78, 5) is 0. The Morgan fingerprint density at radius 1 is 1.31 bits per heavy atom. The van der Waals surface area contributed by atoms with Crippen LogP contribution in [0.25, 0.3) is 0 Å². The molecule has 1 aliphatic carbocycles. The fourth-order valence-electron chi connectivity index (χ4n) is 1.92. The molecule has 0 unspecified atom stereocenters. The molecule has 1 rings (SSSR count). The van der Waals surface area contributed by atoms with Crippen LogP contribution in [0.1, 0.15) is 32.1 Å². The van der Waals surface area contributed by atoms with Crippen molar-refractivity contribution in [3.8, 4) is 0 Å². The van der Waals surface area contributed by atoms with E-state index in [9.17, 15) is 8.42 Å². The molecule has 3 nitrogen and oxygen atoms in total. The van der Waals surface area contributed by atoms with Crippen molar-refractivity contribution in [1.29, 1.82) is 0 Å². The lowest BCUT2D eigenvalue weighted by Gasteiger charge is -2.34. The van der Waals surface area contributed by atoms with Gasteiger partial charge in [-0.25, -0.2) is 8.42 Å². The van der Waals surface area contributed by atoms with Gasteiger partial charge < -0.3 is 4.74 Å². The quantitative estimate of drug-likeness (QED) is 0.691. The second kappa shape index (κ2) is 4.15. The summed E-state index contributed by atoms with van der Waals surface area (Å²) in [6, 6.07) is 0. The van der Waals surface area contributed by atoms with E-state index in [2.05, 4.69) is 0 Å². The molecule has 0 spiro atoms. The molecule has 0 atom stereocenters. The molecule has 0 aromatic rings. The van der Waals surface area contributed by atoms with Gasteiger partial charge in [0.25, 0.3) is 0 Å². The lowest BCUT2D eigenvalue weighted by atomic mass is 9.86. The van der Waals surface area contributed by atoms with Crippen LogP contribution < -0.4 is 0 Å². The fraction of sp³-hybridized carbons (Fsp3) is 1.00. The highest BCUT2D eigenvalue weighted by Crippen LogP contribution is 2.32. The maximum Gasteiger partial charge on any atom is 0.235 e. The Morgan fingerprint density at radius 3 is 2.23 bits per heavy atom. The van der Waals surface area contributed by atoms with E-state index >= 15 is 0 Å². The highest BCUT2D eigenvalue weighted by molar-refractivity contribution is 8.13. The summed E-state index contributed by atoms with van der Waals surface area (Å²) in [6.45, 7) is 0. The Balaban J connectivity index is 2.68. The van der Waals surface area contributed by atoms with Crippen LogP contribution in [-0.2, 0) is 13.8 Å². The number of hydrogen-bond donors (Lipinski definition) is 0. The Morgan fingerprint density at radius 2 is 1.85 bits per heavy atom. The van der Waals surface area contributed by atoms with Gasteiger partial charge in [-0.1, -0.05) is 19.3 Å². The van der Waals surface area contributed by atoms with Crippen LogP contribution in [-0.4, -0.2) is 26.9 Å².